The molecule has 6 nitrogen and oxygen atoms in total. The number of nitrogens with zero attached hydrogens (tertiary/aromatic N) is 2. The third-order valence-corrected chi connectivity index (χ3v) is 2.11. The molecule has 0 aromatic carbocycles. The van der Waals surface area contributed by atoms with Crippen molar-refractivity contribution in [1.29, 1.82) is 0 Å². The molecule has 0 aliphatic rings. The van der Waals surface area contributed by atoms with Gasteiger partial charge in [-0.05, 0) is 13.3 Å². The predicted molar refractivity (Wildman–Crippen MR) is 56.2 cm³/mol. The maximum atomic E-state index is 11.7. The van der Waals surface area contributed by atoms with Crippen LogP contribution in [0.25, 0.3) is 0 Å². The summed E-state index contributed by atoms with van der Waals surface area (Å²) in [5, 5.41) is 11.5. The predicted octanol–water partition coefficient (Wildman–Crippen LogP) is 0.703. The lowest BCUT2D eigenvalue weighted by Gasteiger charge is -2.11. The van der Waals surface area contributed by atoms with Gasteiger partial charge < -0.3 is 10.4 Å². The first-order chi connectivity index (χ1) is 7.56. The Hall–Kier alpha value is -1.98. The Morgan fingerprint density at radius 3 is 2.44 bits per heavy atom. The lowest BCUT2D eigenvalue weighted by Crippen LogP contribution is -2.34. The largest absolute Gasteiger partial charge is 0.476 e. The highest BCUT2D eigenvalue weighted by Crippen LogP contribution is 2.02. The van der Waals surface area contributed by atoms with E-state index in [-0.39, 0.29) is 17.4 Å². The molecule has 0 aliphatic carbocycles. The summed E-state index contributed by atoms with van der Waals surface area (Å²) in [5.41, 5.74) is -0.487. The number of carbonyl (C=O) groups is 2. The third-order valence-electron chi connectivity index (χ3n) is 2.11. The van der Waals surface area contributed by atoms with Gasteiger partial charge in [-0.1, -0.05) is 6.92 Å². The molecule has 2 N–H and O–H groups in total. The Labute approximate surface area is 92.7 Å². The second-order valence-corrected chi connectivity index (χ2v) is 3.34. The maximum Gasteiger partial charge on any atom is 0.356 e. The van der Waals surface area contributed by atoms with E-state index in [1.165, 1.54) is 12.4 Å². The van der Waals surface area contributed by atoms with Crippen LogP contribution in [0.15, 0.2) is 12.4 Å². The minimum atomic E-state index is -1.26. The van der Waals surface area contributed by atoms with Crippen LogP contribution < -0.4 is 5.32 Å². The summed E-state index contributed by atoms with van der Waals surface area (Å²) in [6.45, 7) is 3.74. The zero-order valence-electron chi connectivity index (χ0n) is 9.10. The summed E-state index contributed by atoms with van der Waals surface area (Å²) in [7, 11) is 0. The molecule has 1 rings (SSSR count). The molecule has 1 unspecified atom stereocenters. The van der Waals surface area contributed by atoms with Gasteiger partial charge in [0, 0.05) is 18.4 Å². The minimum Gasteiger partial charge on any atom is -0.476 e. The number of aromatic carboxylic acids is 1. The van der Waals surface area contributed by atoms with Crippen molar-refractivity contribution < 1.29 is 14.7 Å². The molecule has 0 fully saturated rings. The molecule has 1 atom stereocenters. The summed E-state index contributed by atoms with van der Waals surface area (Å²) in [4.78, 5) is 29.8. The second kappa shape index (κ2) is 5.20. The van der Waals surface area contributed by atoms with Crippen LogP contribution in [-0.4, -0.2) is 33.0 Å². The van der Waals surface area contributed by atoms with E-state index in [0.29, 0.717) is 0 Å². The molecule has 6 heteroatoms. The average Bonchev–Trinajstić information content (AvgIpc) is 2.28. The van der Waals surface area contributed by atoms with Gasteiger partial charge >= 0.3 is 5.97 Å². The van der Waals surface area contributed by atoms with Gasteiger partial charge in [-0.25, -0.2) is 14.8 Å². The summed E-state index contributed by atoms with van der Waals surface area (Å²) >= 11 is 0. The standard InChI is InChI=1S/C10H13N3O3/c1-3-6(2)13-9(14)7-8(10(15)16)12-5-4-11-7/h4-6H,3H2,1-2H3,(H,13,14)(H,15,16). The highest BCUT2D eigenvalue weighted by molar-refractivity contribution is 6.02. The van der Waals surface area contributed by atoms with Crippen LogP contribution in [-0.2, 0) is 0 Å². The summed E-state index contributed by atoms with van der Waals surface area (Å²) in [6, 6.07) is -0.0313. The van der Waals surface area contributed by atoms with E-state index in [0.717, 1.165) is 6.42 Å². The quantitative estimate of drug-likeness (QED) is 0.784. The van der Waals surface area contributed by atoms with Crippen molar-refractivity contribution >= 4 is 11.9 Å². The molecule has 1 amide bonds. The van der Waals surface area contributed by atoms with Gasteiger partial charge in [-0.2, -0.15) is 0 Å². The van der Waals surface area contributed by atoms with Crippen molar-refractivity contribution in [3.63, 3.8) is 0 Å². The molecule has 0 saturated carbocycles. The van der Waals surface area contributed by atoms with Crippen molar-refractivity contribution in [2.45, 2.75) is 26.3 Å². The summed E-state index contributed by atoms with van der Waals surface area (Å²) < 4.78 is 0. The van der Waals surface area contributed by atoms with Crippen LogP contribution in [0.3, 0.4) is 0 Å². The van der Waals surface area contributed by atoms with Crippen LogP contribution in [0.5, 0.6) is 0 Å². The lowest BCUT2D eigenvalue weighted by atomic mass is 10.2. The molecule has 0 radical (unpaired) electrons. The Bertz CT molecular complexity index is 406. The number of nitrogens with one attached hydrogen (secondary N) is 1. The molecule has 0 saturated heterocycles. The first-order valence-electron chi connectivity index (χ1n) is 4.91. The van der Waals surface area contributed by atoms with E-state index in [9.17, 15) is 9.59 Å². The zero-order chi connectivity index (χ0) is 12.1. The topological polar surface area (TPSA) is 92.2 Å². The van der Waals surface area contributed by atoms with Crippen molar-refractivity contribution in [2.24, 2.45) is 0 Å². The average molecular weight is 223 g/mol. The number of hydrogen-bond acceptors (Lipinski definition) is 4. The molecule has 1 aromatic heterocycles. The number of carbonyl (C=O) groups excluding carboxylic acids is 1. The van der Waals surface area contributed by atoms with Gasteiger partial charge in [0.1, 0.15) is 0 Å². The highest BCUT2D eigenvalue weighted by atomic mass is 16.4. The first-order valence-corrected chi connectivity index (χ1v) is 4.91. The number of amides is 1. The molecule has 1 aromatic rings. The number of carboxylic acid groups (broad SMARTS) is 1. The van der Waals surface area contributed by atoms with E-state index in [4.69, 9.17) is 5.11 Å². The second-order valence-electron chi connectivity index (χ2n) is 3.34. The fourth-order valence-corrected chi connectivity index (χ4v) is 1.05. The van der Waals surface area contributed by atoms with Crippen molar-refractivity contribution in [3.05, 3.63) is 23.8 Å². The smallest absolute Gasteiger partial charge is 0.356 e. The third kappa shape index (κ3) is 2.75. The normalized spacial score (nSPS) is 11.9. The lowest BCUT2D eigenvalue weighted by molar-refractivity contribution is 0.0682. The Morgan fingerprint density at radius 1 is 1.38 bits per heavy atom. The van der Waals surface area contributed by atoms with Gasteiger partial charge in [0.2, 0.25) is 0 Å². The van der Waals surface area contributed by atoms with Crippen molar-refractivity contribution in [1.82, 2.24) is 15.3 Å². The number of hydrogen-bond donors (Lipinski definition) is 2. The maximum absolute atomic E-state index is 11.7. The van der Waals surface area contributed by atoms with Gasteiger partial charge in [-0.15, -0.1) is 0 Å². The number of aromatic nitrogens is 2. The van der Waals surface area contributed by atoms with Crippen molar-refractivity contribution in [3.8, 4) is 0 Å². The fraction of sp³-hybridized carbons (Fsp3) is 0.400. The molecule has 0 spiro atoms. The number of rotatable bonds is 4. The zero-order valence-corrected chi connectivity index (χ0v) is 9.10. The molecule has 16 heavy (non-hydrogen) atoms. The highest BCUT2D eigenvalue weighted by Gasteiger charge is 2.19. The molecular weight excluding hydrogens is 210 g/mol. The minimum absolute atomic E-state index is 0.0313. The van der Waals surface area contributed by atoms with Gasteiger partial charge in [0.05, 0.1) is 0 Å². The Balaban J connectivity index is 2.95. The SMILES string of the molecule is CCC(C)NC(=O)c1nccnc1C(=O)O. The molecule has 0 bridgehead atoms. The fourth-order valence-electron chi connectivity index (χ4n) is 1.05. The van der Waals surface area contributed by atoms with E-state index in [2.05, 4.69) is 15.3 Å². The first kappa shape index (κ1) is 12.1. The van der Waals surface area contributed by atoms with E-state index in [1.54, 1.807) is 0 Å². The van der Waals surface area contributed by atoms with E-state index < -0.39 is 11.9 Å². The van der Waals surface area contributed by atoms with Crippen LogP contribution in [0, 0.1) is 0 Å². The van der Waals surface area contributed by atoms with E-state index >= 15 is 0 Å². The molecule has 0 aliphatic heterocycles. The van der Waals surface area contributed by atoms with Crippen LogP contribution >= 0.6 is 0 Å². The van der Waals surface area contributed by atoms with Crippen LogP contribution in [0.2, 0.25) is 0 Å². The summed E-state index contributed by atoms with van der Waals surface area (Å²) in [5.74, 6) is -1.78. The van der Waals surface area contributed by atoms with Crippen LogP contribution in [0.1, 0.15) is 41.2 Å². The van der Waals surface area contributed by atoms with E-state index in [1.807, 2.05) is 13.8 Å². The van der Waals surface area contributed by atoms with Gasteiger partial charge in [0.25, 0.3) is 5.91 Å². The number of carboxylic acids is 1. The Morgan fingerprint density at radius 2 is 1.94 bits per heavy atom. The summed E-state index contributed by atoms with van der Waals surface area (Å²) in [6.07, 6.45) is 3.29. The Kier molecular flexibility index (Phi) is 3.93. The van der Waals surface area contributed by atoms with Crippen molar-refractivity contribution in [2.75, 3.05) is 0 Å². The van der Waals surface area contributed by atoms with Gasteiger partial charge in [-0.3, -0.25) is 4.79 Å². The molecular formula is C10H13N3O3. The molecule has 86 valence electrons. The molecule has 1 heterocycles. The van der Waals surface area contributed by atoms with Gasteiger partial charge in [0.15, 0.2) is 11.4 Å². The van der Waals surface area contributed by atoms with Crippen LogP contribution in [0.4, 0.5) is 0 Å². The monoisotopic (exact) mass is 223 g/mol.